The Kier molecular flexibility index (Phi) is 21.6. The summed E-state index contributed by atoms with van der Waals surface area (Å²) in [5, 5.41) is 6.08. The lowest BCUT2D eigenvalue weighted by Crippen LogP contribution is -2.41. The van der Waals surface area contributed by atoms with Crippen LogP contribution in [0, 0.1) is 18.6 Å². The monoisotopic (exact) mass is 1440 g/mol. The highest BCUT2D eigenvalue weighted by Gasteiger charge is 2.30. The molecule has 0 saturated carbocycles. The highest BCUT2D eigenvalue weighted by atomic mass is 127. The summed E-state index contributed by atoms with van der Waals surface area (Å²) >= 11 is 2.20. The fraction of sp³-hybridized carbons (Fsp3) is 0.368. The Bertz CT molecular complexity index is 4400. The van der Waals surface area contributed by atoms with Gasteiger partial charge in [0.05, 0.1) is 163 Å². The largest absolute Gasteiger partial charge is 0.491 e. The van der Waals surface area contributed by atoms with E-state index in [9.17, 15) is 8.78 Å². The molecule has 3 aromatic carbocycles. The van der Waals surface area contributed by atoms with Crippen LogP contribution in [-0.4, -0.2) is 195 Å². The predicted molar refractivity (Wildman–Crippen MR) is 383 cm³/mol. The van der Waals surface area contributed by atoms with E-state index >= 15 is 0 Å². The van der Waals surface area contributed by atoms with Gasteiger partial charge in [-0.15, -0.1) is 0 Å². The van der Waals surface area contributed by atoms with Crippen LogP contribution in [0.1, 0.15) is 92.4 Å². The zero-order chi connectivity index (χ0) is 68.4. The number of benzene rings is 3. The first-order valence-electron chi connectivity index (χ1n) is 32.2. The van der Waals surface area contributed by atoms with Crippen LogP contribution in [0.3, 0.4) is 0 Å². The Hall–Kier alpha value is -9.92. The number of anilines is 7. The van der Waals surface area contributed by atoms with Crippen molar-refractivity contribution in [3.8, 4) is 5.75 Å². The third-order valence-corrected chi connectivity index (χ3v) is 17.8. The molecule has 16 rings (SSSR count). The predicted octanol–water partition coefficient (Wildman–Crippen LogP) is 7.08. The molecular weight excluding hydrogens is 1370 g/mol. The van der Waals surface area contributed by atoms with Crippen LogP contribution in [0.15, 0.2) is 111 Å². The second-order valence-corrected chi connectivity index (χ2v) is 24.7. The quantitative estimate of drug-likeness (QED) is 0.0993. The number of hydrogen-bond acceptors (Lipinski definition) is 27. The maximum Gasteiger partial charge on any atom is 0.147 e. The summed E-state index contributed by atoms with van der Waals surface area (Å²) in [7, 11) is 7.52. The number of nitrogens with zero attached hydrogens (tertiary/aromatic N) is 19. The number of nitrogens with two attached hydrogens (primary N) is 2. The van der Waals surface area contributed by atoms with Gasteiger partial charge in [0.2, 0.25) is 0 Å². The molecule has 0 radical (unpaired) electrons. The maximum absolute atomic E-state index is 14.7. The van der Waals surface area contributed by atoms with Crippen LogP contribution in [0.4, 0.5) is 49.2 Å². The van der Waals surface area contributed by atoms with Gasteiger partial charge in [-0.25, -0.2) is 58.6 Å². The van der Waals surface area contributed by atoms with Crippen LogP contribution >= 0.6 is 22.6 Å². The summed E-state index contributed by atoms with van der Waals surface area (Å²) < 4.78 is 52.1. The van der Waals surface area contributed by atoms with Crippen molar-refractivity contribution < 1.29 is 27.7 Å². The number of ether oxygens (including phenoxy) is 4. The molecule has 3 saturated heterocycles. The standard InChI is InChI=1S/C18H20FN5O.C17H18FN5O.C16H18N4O.C10H13N5O.C7H7IN4/c1-23(2)18-16-14(21-11-22-18)10-20-17(16)12-3-4-15(13(19)9-12)24-5-7-25-8-6-24;1-19-17-15-13(21-10-22-17)9-20-16(15)11-2-3-14(12(18)8-11)23-4-6-24-7-5-23;1-9(2)21-13-5-4-11(6-10(13)3)15-14-12(7-18-15)19-8-20-16(14)17;11-9-8-7(13-6-14-9)5-12-10(8)15-1-3-16-4-2-15;1-9-7-5-4(11-3-12-7)2-10-6(5)8/h3-4,9,11H,5-8,10H2,1-2H3;2-3,8,10H,4-7,9H2,1H3,(H,19,21,22);4-6,8-9H,7H2,1-3H3,(H2,17,19,20);6H,1-5H2,(H2,11,13,14);3H,2H2,1H3,(H,9,11,12). The average Bonchev–Trinajstić information content (AvgIpc) is 1.59. The minimum atomic E-state index is -0.242. The zero-order valence-corrected chi connectivity index (χ0v) is 57.8. The number of aliphatic imine (C=N–C) groups is 5. The molecule has 5 aromatic heterocycles. The van der Waals surface area contributed by atoms with Gasteiger partial charge in [-0.3, -0.25) is 25.0 Å². The second kappa shape index (κ2) is 31.1. The van der Waals surface area contributed by atoms with E-state index in [4.69, 9.17) is 30.4 Å². The molecule has 508 valence electrons. The smallest absolute Gasteiger partial charge is 0.147 e. The van der Waals surface area contributed by atoms with Crippen molar-refractivity contribution in [2.45, 2.75) is 59.6 Å². The van der Waals surface area contributed by atoms with E-state index < -0.39 is 0 Å². The van der Waals surface area contributed by atoms with Crippen LogP contribution in [0.5, 0.6) is 5.75 Å². The van der Waals surface area contributed by atoms with E-state index in [1.54, 1.807) is 31.8 Å². The topological polar surface area (TPSA) is 317 Å². The van der Waals surface area contributed by atoms with Gasteiger partial charge in [0.25, 0.3) is 0 Å². The number of halogens is 3. The van der Waals surface area contributed by atoms with Gasteiger partial charge in [-0.05, 0) is 91.4 Å². The third-order valence-electron chi connectivity index (χ3n) is 16.9. The summed E-state index contributed by atoms with van der Waals surface area (Å²) in [6.45, 7) is 17.4. The van der Waals surface area contributed by atoms with Crippen LogP contribution < -0.4 is 41.5 Å². The number of aromatic nitrogens is 10. The second-order valence-electron chi connectivity index (χ2n) is 23.7. The molecule has 0 unspecified atom stereocenters. The Balaban J connectivity index is 0.000000119. The Morgan fingerprint density at radius 3 is 1.41 bits per heavy atom. The number of morpholine rings is 3. The Morgan fingerprint density at radius 1 is 0.490 bits per heavy atom. The van der Waals surface area contributed by atoms with Gasteiger partial charge in [0.15, 0.2) is 0 Å². The lowest BCUT2D eigenvalue weighted by Gasteiger charge is -2.29. The van der Waals surface area contributed by atoms with Crippen molar-refractivity contribution >= 4 is 89.7 Å². The van der Waals surface area contributed by atoms with Gasteiger partial charge >= 0.3 is 0 Å². The van der Waals surface area contributed by atoms with Crippen molar-refractivity contribution in [1.82, 2.24) is 54.7 Å². The average molecular weight is 1440 g/mol. The number of hydrogen-bond donors (Lipinski definition) is 4. The molecule has 8 aromatic rings. The van der Waals surface area contributed by atoms with Gasteiger partial charge in [0, 0.05) is 84.1 Å². The molecule has 30 heteroatoms. The molecule has 8 aliphatic rings. The fourth-order valence-electron chi connectivity index (χ4n) is 12.2. The molecule has 0 amide bonds. The van der Waals surface area contributed by atoms with Crippen LogP contribution in [0.2, 0.25) is 0 Å². The molecule has 98 heavy (non-hydrogen) atoms. The molecule has 0 bridgehead atoms. The number of aryl methyl sites for hydroxylation is 1. The Morgan fingerprint density at radius 2 is 0.898 bits per heavy atom. The van der Waals surface area contributed by atoms with Gasteiger partial charge < -0.3 is 60.6 Å². The molecule has 0 atom stereocenters. The number of amidine groups is 1. The summed E-state index contributed by atoms with van der Waals surface area (Å²) in [6, 6.07) is 16.6. The minimum absolute atomic E-state index is 0.156. The van der Waals surface area contributed by atoms with E-state index in [1.165, 1.54) is 19.0 Å². The van der Waals surface area contributed by atoms with Crippen LogP contribution in [-0.2, 0) is 46.9 Å². The van der Waals surface area contributed by atoms with E-state index in [0.29, 0.717) is 114 Å². The number of nitrogen functional groups attached to an aromatic ring is 2. The van der Waals surface area contributed by atoms with E-state index in [1.807, 2.05) is 93.0 Å². The molecular formula is C68H76F2IN23O4. The summed E-state index contributed by atoms with van der Waals surface area (Å²) in [5.41, 5.74) is 28.2. The highest BCUT2D eigenvalue weighted by Crippen LogP contribution is 2.34. The van der Waals surface area contributed by atoms with Crippen molar-refractivity contribution in [2.24, 2.45) is 25.0 Å². The van der Waals surface area contributed by atoms with Crippen molar-refractivity contribution in [3.05, 3.63) is 176 Å². The molecule has 8 aliphatic heterocycles. The lowest BCUT2D eigenvalue weighted by atomic mass is 10.0. The first-order chi connectivity index (χ1) is 47.7. The van der Waals surface area contributed by atoms with E-state index in [0.717, 1.165) is 149 Å². The Labute approximate surface area is 579 Å². The number of fused-ring (bicyclic) bond motifs is 5. The van der Waals surface area contributed by atoms with Crippen molar-refractivity contribution in [3.63, 3.8) is 0 Å². The third kappa shape index (κ3) is 15.0. The minimum Gasteiger partial charge on any atom is -0.491 e. The van der Waals surface area contributed by atoms with Crippen molar-refractivity contribution in [2.75, 3.05) is 144 Å². The van der Waals surface area contributed by atoms with Crippen molar-refractivity contribution in [1.29, 1.82) is 0 Å². The molecule has 27 nitrogen and oxygen atoms in total. The summed E-state index contributed by atoms with van der Waals surface area (Å²) in [4.78, 5) is 72.6. The maximum atomic E-state index is 14.7. The first kappa shape index (κ1) is 68.0. The fourth-order valence-corrected chi connectivity index (χ4v) is 12.9. The molecule has 3 fully saturated rings. The number of rotatable bonds is 10. The van der Waals surface area contributed by atoms with Gasteiger partial charge in [0.1, 0.15) is 87.7 Å². The molecule has 0 aliphatic carbocycles. The molecule has 0 spiro atoms. The normalized spacial score (nSPS) is 16.1. The lowest BCUT2D eigenvalue weighted by molar-refractivity contribution is 0.0683. The van der Waals surface area contributed by atoms with E-state index in [-0.39, 0.29) is 17.7 Å². The van der Waals surface area contributed by atoms with Gasteiger partial charge in [-0.1, -0.05) is 12.1 Å². The molecule has 6 N–H and O–H groups in total. The van der Waals surface area contributed by atoms with Crippen LogP contribution in [0.25, 0.3) is 0 Å². The number of nitrogens with one attached hydrogen (secondary N) is 2. The molecule has 13 heterocycles. The zero-order valence-electron chi connectivity index (χ0n) is 55.6. The first-order valence-corrected chi connectivity index (χ1v) is 33.2. The highest BCUT2D eigenvalue weighted by molar-refractivity contribution is 14.1. The summed E-state index contributed by atoms with van der Waals surface area (Å²) in [6.07, 6.45) is 7.77. The summed E-state index contributed by atoms with van der Waals surface area (Å²) in [5.74, 6) is 4.73. The SMILES string of the molecule is CN(C)c1ncnc2c1C(c1ccc(N3CCOCC3)c(F)c1)=NC2.CNc1ncnc2c1C(I)=NC2.CNc1ncnc2c1C(c1ccc(N3CCOCC3)c(F)c1)=NC2.Cc1cc(C2=NCc3ncnc(N)c32)ccc1OC(C)C.Nc1ncnc2c1C(N1CCOCC1)=NC2. The van der Waals surface area contributed by atoms with E-state index in [2.05, 4.69) is 119 Å². The van der Waals surface area contributed by atoms with Gasteiger partial charge in [-0.2, -0.15) is 0 Å².